The number of nitrogens with one attached hydrogen (secondary N) is 1. The number of nitrogens with zero attached hydrogens (tertiary/aromatic N) is 1. The average molecular weight is 218 g/mol. The van der Waals surface area contributed by atoms with Gasteiger partial charge in [0.15, 0.2) is 0 Å². The highest BCUT2D eigenvalue weighted by Crippen LogP contribution is 1.96. The van der Waals surface area contributed by atoms with Crippen LogP contribution in [-0.2, 0) is 4.74 Å². The molecule has 0 aromatic heterocycles. The third-order valence-corrected chi connectivity index (χ3v) is 2.26. The summed E-state index contributed by atoms with van der Waals surface area (Å²) in [5.74, 6) is 0. The van der Waals surface area contributed by atoms with E-state index in [0.29, 0.717) is 6.04 Å². The summed E-state index contributed by atoms with van der Waals surface area (Å²) in [5, 5.41) is 3.21. The van der Waals surface area contributed by atoms with E-state index in [2.05, 4.69) is 37.9 Å². The van der Waals surface area contributed by atoms with Gasteiger partial charge >= 0.3 is 0 Å². The molecule has 0 aromatic carbocycles. The maximum Gasteiger partial charge on any atom is 0.0594 e. The third kappa shape index (κ3) is 10.2. The van der Waals surface area contributed by atoms with Gasteiger partial charge in [0.1, 0.15) is 0 Å². The maximum absolute atomic E-state index is 5.20. The van der Waals surface area contributed by atoms with Gasteiger partial charge in [0.25, 0.3) is 0 Å². The SMILES string of the molecule is CCCN1CCOCC1.CCNC(C)C.[HH]. The van der Waals surface area contributed by atoms with E-state index in [-0.39, 0.29) is 1.43 Å². The van der Waals surface area contributed by atoms with Crippen LogP contribution >= 0.6 is 0 Å². The smallest absolute Gasteiger partial charge is 0.0594 e. The van der Waals surface area contributed by atoms with E-state index in [1.54, 1.807) is 0 Å². The Morgan fingerprint density at radius 1 is 1.27 bits per heavy atom. The van der Waals surface area contributed by atoms with E-state index in [9.17, 15) is 0 Å². The quantitative estimate of drug-likeness (QED) is 0.781. The van der Waals surface area contributed by atoms with Crippen molar-refractivity contribution in [2.45, 2.75) is 40.2 Å². The fourth-order valence-corrected chi connectivity index (χ4v) is 1.55. The first-order chi connectivity index (χ1) is 7.20. The molecule has 1 saturated heterocycles. The number of ether oxygens (including phenoxy) is 1. The normalized spacial score (nSPS) is 17.4. The molecule has 0 aromatic rings. The molecule has 1 N–H and O–H groups in total. The molecule has 15 heavy (non-hydrogen) atoms. The lowest BCUT2D eigenvalue weighted by atomic mass is 10.4. The molecule has 0 saturated carbocycles. The highest BCUT2D eigenvalue weighted by Gasteiger charge is 2.07. The molecular formula is C12H30N2O. The van der Waals surface area contributed by atoms with Crippen LogP contribution < -0.4 is 5.32 Å². The van der Waals surface area contributed by atoms with Crippen LogP contribution in [0.4, 0.5) is 0 Å². The van der Waals surface area contributed by atoms with Crippen LogP contribution in [0.1, 0.15) is 35.5 Å². The van der Waals surface area contributed by atoms with E-state index in [0.717, 1.165) is 32.8 Å². The lowest BCUT2D eigenvalue weighted by Gasteiger charge is -2.25. The Bertz CT molecular complexity index is 125. The number of morpholine rings is 1. The zero-order chi connectivity index (χ0) is 11.5. The molecule has 1 rings (SSSR count). The largest absolute Gasteiger partial charge is 0.379 e. The summed E-state index contributed by atoms with van der Waals surface area (Å²) in [6.07, 6.45) is 1.26. The molecule has 1 fully saturated rings. The highest BCUT2D eigenvalue weighted by molar-refractivity contribution is 4.59. The third-order valence-electron chi connectivity index (χ3n) is 2.26. The van der Waals surface area contributed by atoms with E-state index >= 15 is 0 Å². The Morgan fingerprint density at radius 2 is 1.87 bits per heavy atom. The molecule has 1 aliphatic heterocycles. The van der Waals surface area contributed by atoms with Crippen molar-refractivity contribution in [2.24, 2.45) is 0 Å². The van der Waals surface area contributed by atoms with Crippen molar-refractivity contribution >= 4 is 0 Å². The van der Waals surface area contributed by atoms with Gasteiger partial charge in [-0.05, 0) is 19.5 Å². The lowest BCUT2D eigenvalue weighted by molar-refractivity contribution is 0.0380. The van der Waals surface area contributed by atoms with Crippen LogP contribution in [0, 0.1) is 0 Å². The molecule has 0 amide bonds. The first kappa shape index (κ1) is 14.9. The summed E-state index contributed by atoms with van der Waals surface area (Å²) in [6, 6.07) is 0.648. The van der Waals surface area contributed by atoms with Gasteiger partial charge < -0.3 is 10.1 Å². The van der Waals surface area contributed by atoms with Gasteiger partial charge in [-0.25, -0.2) is 0 Å². The molecule has 1 aliphatic rings. The molecule has 0 spiro atoms. The fourth-order valence-electron chi connectivity index (χ4n) is 1.55. The van der Waals surface area contributed by atoms with Crippen molar-refractivity contribution in [3.63, 3.8) is 0 Å². The molecule has 0 atom stereocenters. The minimum Gasteiger partial charge on any atom is -0.379 e. The topological polar surface area (TPSA) is 24.5 Å². The van der Waals surface area contributed by atoms with Gasteiger partial charge in [-0.15, -0.1) is 0 Å². The Hall–Kier alpha value is -0.120. The molecule has 3 heteroatoms. The Balaban J connectivity index is 0. The lowest BCUT2D eigenvalue weighted by Crippen LogP contribution is -2.36. The van der Waals surface area contributed by atoms with Crippen molar-refractivity contribution in [1.29, 1.82) is 0 Å². The second kappa shape index (κ2) is 10.4. The van der Waals surface area contributed by atoms with Crippen LogP contribution in [0.2, 0.25) is 0 Å². The van der Waals surface area contributed by atoms with Crippen LogP contribution in [0.15, 0.2) is 0 Å². The molecule has 3 nitrogen and oxygen atoms in total. The first-order valence-electron chi connectivity index (χ1n) is 6.24. The number of hydrogen-bond acceptors (Lipinski definition) is 3. The monoisotopic (exact) mass is 218 g/mol. The molecule has 0 bridgehead atoms. The standard InChI is InChI=1S/C7H15NO.C5H13N.H2/c1-2-3-8-4-6-9-7-5-8;1-4-6-5(2)3;/h2-7H2,1H3;5-6H,4H2,1-3H3;1H. The van der Waals surface area contributed by atoms with E-state index in [4.69, 9.17) is 4.74 Å². The molecule has 0 radical (unpaired) electrons. The van der Waals surface area contributed by atoms with E-state index < -0.39 is 0 Å². The van der Waals surface area contributed by atoms with Crippen LogP contribution in [-0.4, -0.2) is 50.3 Å². The minimum atomic E-state index is 0. The van der Waals surface area contributed by atoms with Gasteiger partial charge in [-0.1, -0.05) is 27.7 Å². The predicted octanol–water partition coefficient (Wildman–Crippen LogP) is 1.98. The van der Waals surface area contributed by atoms with Crippen molar-refractivity contribution in [2.75, 3.05) is 39.4 Å². The summed E-state index contributed by atoms with van der Waals surface area (Å²) >= 11 is 0. The Morgan fingerprint density at radius 3 is 2.20 bits per heavy atom. The van der Waals surface area contributed by atoms with Crippen molar-refractivity contribution in [3.8, 4) is 0 Å². The second-order valence-corrected chi connectivity index (χ2v) is 4.17. The zero-order valence-electron chi connectivity index (χ0n) is 10.9. The first-order valence-corrected chi connectivity index (χ1v) is 6.24. The predicted molar refractivity (Wildman–Crippen MR) is 68.5 cm³/mol. The second-order valence-electron chi connectivity index (χ2n) is 4.17. The van der Waals surface area contributed by atoms with Crippen LogP contribution in [0.5, 0.6) is 0 Å². The van der Waals surface area contributed by atoms with Crippen LogP contribution in [0.3, 0.4) is 0 Å². The summed E-state index contributed by atoms with van der Waals surface area (Å²) < 4.78 is 5.20. The Labute approximate surface area is 96.7 Å². The Kier molecular flexibility index (Phi) is 10.3. The molecule has 94 valence electrons. The maximum atomic E-state index is 5.20. The van der Waals surface area contributed by atoms with Gasteiger partial charge in [-0.3, -0.25) is 4.90 Å². The van der Waals surface area contributed by atoms with Crippen molar-refractivity contribution in [1.82, 2.24) is 10.2 Å². The summed E-state index contributed by atoms with van der Waals surface area (Å²) in [5.41, 5.74) is 0. The van der Waals surface area contributed by atoms with Gasteiger partial charge in [0.05, 0.1) is 13.2 Å². The summed E-state index contributed by atoms with van der Waals surface area (Å²) in [4.78, 5) is 2.45. The summed E-state index contributed by atoms with van der Waals surface area (Å²) in [6.45, 7) is 15.1. The molecule has 0 aliphatic carbocycles. The zero-order valence-corrected chi connectivity index (χ0v) is 10.9. The van der Waals surface area contributed by atoms with E-state index in [1.807, 2.05) is 0 Å². The van der Waals surface area contributed by atoms with Crippen molar-refractivity contribution < 1.29 is 6.16 Å². The fraction of sp³-hybridized carbons (Fsp3) is 1.00. The average Bonchev–Trinajstić information content (AvgIpc) is 2.20. The number of hydrogen-bond donors (Lipinski definition) is 1. The molecular weight excluding hydrogens is 188 g/mol. The minimum absolute atomic E-state index is 0. The van der Waals surface area contributed by atoms with Gasteiger partial charge in [-0.2, -0.15) is 0 Å². The molecule has 1 heterocycles. The molecule has 0 unspecified atom stereocenters. The number of rotatable bonds is 4. The van der Waals surface area contributed by atoms with E-state index in [1.165, 1.54) is 13.0 Å². The van der Waals surface area contributed by atoms with Crippen LogP contribution in [0.25, 0.3) is 0 Å². The van der Waals surface area contributed by atoms with Gasteiger partial charge in [0, 0.05) is 20.6 Å². The summed E-state index contributed by atoms with van der Waals surface area (Å²) in [7, 11) is 0. The highest BCUT2D eigenvalue weighted by atomic mass is 16.5. The van der Waals surface area contributed by atoms with Crippen molar-refractivity contribution in [3.05, 3.63) is 0 Å². The van der Waals surface area contributed by atoms with Gasteiger partial charge in [0.2, 0.25) is 0 Å².